The maximum absolute atomic E-state index is 5.46. The molecule has 1 aliphatic rings. The highest BCUT2D eigenvalue weighted by atomic mass is 16.5. The van der Waals surface area contributed by atoms with Gasteiger partial charge < -0.3 is 16.2 Å². The Morgan fingerprint density at radius 3 is 2.65 bits per heavy atom. The quantitative estimate of drug-likeness (QED) is 0.513. The van der Waals surface area contributed by atoms with Crippen LogP contribution in [0.15, 0.2) is 52.8 Å². The Hall–Kier alpha value is -2.89. The topological polar surface area (TPSA) is 98.9 Å². The first-order valence-electron chi connectivity index (χ1n) is 7.41. The van der Waals surface area contributed by atoms with E-state index in [1.165, 1.54) is 5.56 Å². The predicted octanol–water partition coefficient (Wildman–Crippen LogP) is 1.80. The minimum absolute atomic E-state index is 0.0660. The molecular weight excluding hydrogens is 290 g/mol. The van der Waals surface area contributed by atoms with Crippen LogP contribution in [-0.2, 0) is 6.42 Å². The van der Waals surface area contributed by atoms with Crippen LogP contribution < -0.4 is 16.2 Å². The summed E-state index contributed by atoms with van der Waals surface area (Å²) >= 11 is 0. The Bertz CT molecular complexity index is 751. The van der Waals surface area contributed by atoms with Crippen molar-refractivity contribution >= 4 is 11.7 Å². The maximum atomic E-state index is 5.46. The summed E-state index contributed by atoms with van der Waals surface area (Å²) < 4.78 is 5.46. The maximum Gasteiger partial charge on any atom is 0.211 e. The third-order valence-electron chi connectivity index (χ3n) is 3.94. The van der Waals surface area contributed by atoms with Crippen LogP contribution in [0.4, 0.5) is 0 Å². The zero-order chi connectivity index (χ0) is 16.2. The minimum Gasteiger partial charge on any atom is -0.496 e. The van der Waals surface area contributed by atoms with Crippen LogP contribution in [0.5, 0.6) is 5.75 Å². The van der Waals surface area contributed by atoms with Crippen molar-refractivity contribution in [2.45, 2.75) is 18.8 Å². The summed E-state index contributed by atoms with van der Waals surface area (Å²) in [4.78, 5) is 4.51. The van der Waals surface area contributed by atoms with Crippen LogP contribution in [-0.4, -0.2) is 23.8 Å². The standard InChI is InChI=1S/C17H19N5O/c1-23-15-7-8-20-13-9-12(11-5-3-2-4-6-11)10-14(16(13)15)21-22-17(18)19/h2-8,12H,9-10H2,1H3,(H4,18,19,22). The highest BCUT2D eigenvalue weighted by Crippen LogP contribution is 2.36. The molecule has 0 spiro atoms. The number of nitrogens with two attached hydrogens (primary N) is 2. The third kappa shape index (κ3) is 3.15. The molecule has 4 N–H and O–H groups in total. The van der Waals surface area contributed by atoms with E-state index in [9.17, 15) is 0 Å². The SMILES string of the molecule is COc1ccnc2c1C(=NN=C(N)N)CC(c1ccccc1)C2. The van der Waals surface area contributed by atoms with E-state index < -0.39 is 0 Å². The van der Waals surface area contributed by atoms with Gasteiger partial charge in [-0.1, -0.05) is 30.3 Å². The lowest BCUT2D eigenvalue weighted by molar-refractivity contribution is 0.411. The number of hydrogen-bond donors (Lipinski definition) is 2. The second-order valence-electron chi connectivity index (χ2n) is 5.42. The van der Waals surface area contributed by atoms with E-state index in [4.69, 9.17) is 16.2 Å². The van der Waals surface area contributed by atoms with Gasteiger partial charge in [0, 0.05) is 6.20 Å². The van der Waals surface area contributed by atoms with Crippen molar-refractivity contribution in [1.82, 2.24) is 4.98 Å². The largest absolute Gasteiger partial charge is 0.496 e. The fourth-order valence-electron chi connectivity index (χ4n) is 2.93. The minimum atomic E-state index is -0.0660. The lowest BCUT2D eigenvalue weighted by Crippen LogP contribution is -2.24. The van der Waals surface area contributed by atoms with Crippen LogP contribution in [0.2, 0.25) is 0 Å². The molecule has 1 unspecified atom stereocenters. The van der Waals surface area contributed by atoms with E-state index in [2.05, 4.69) is 27.3 Å². The molecule has 1 aromatic heterocycles. The predicted molar refractivity (Wildman–Crippen MR) is 90.6 cm³/mol. The second-order valence-corrected chi connectivity index (χ2v) is 5.42. The summed E-state index contributed by atoms with van der Waals surface area (Å²) in [7, 11) is 1.64. The Morgan fingerprint density at radius 1 is 1.17 bits per heavy atom. The van der Waals surface area contributed by atoms with Crippen LogP contribution in [0.1, 0.15) is 29.2 Å². The number of methoxy groups -OCH3 is 1. The van der Waals surface area contributed by atoms with Crippen LogP contribution in [0.3, 0.4) is 0 Å². The van der Waals surface area contributed by atoms with Crippen molar-refractivity contribution in [1.29, 1.82) is 0 Å². The summed E-state index contributed by atoms with van der Waals surface area (Å²) in [6, 6.07) is 12.2. The molecule has 23 heavy (non-hydrogen) atoms. The molecule has 1 atom stereocenters. The first-order valence-corrected chi connectivity index (χ1v) is 7.41. The van der Waals surface area contributed by atoms with E-state index in [1.54, 1.807) is 13.3 Å². The Kier molecular flexibility index (Phi) is 4.23. The Morgan fingerprint density at radius 2 is 1.96 bits per heavy atom. The number of nitrogens with zero attached hydrogens (tertiary/aromatic N) is 3. The van der Waals surface area contributed by atoms with Gasteiger partial charge in [-0.3, -0.25) is 4.98 Å². The van der Waals surface area contributed by atoms with Gasteiger partial charge in [0.05, 0.1) is 24.1 Å². The second kappa shape index (κ2) is 6.48. The number of fused-ring (bicyclic) bond motifs is 1. The van der Waals surface area contributed by atoms with Gasteiger partial charge in [0.15, 0.2) is 0 Å². The fourth-order valence-corrected chi connectivity index (χ4v) is 2.93. The van der Waals surface area contributed by atoms with E-state index in [-0.39, 0.29) is 11.9 Å². The van der Waals surface area contributed by atoms with Crippen LogP contribution in [0, 0.1) is 0 Å². The molecule has 0 fully saturated rings. The van der Waals surface area contributed by atoms with E-state index in [0.29, 0.717) is 0 Å². The number of benzene rings is 1. The number of rotatable bonds is 3. The van der Waals surface area contributed by atoms with Crippen LogP contribution in [0.25, 0.3) is 0 Å². The molecule has 0 saturated heterocycles. The Balaban J connectivity index is 2.08. The van der Waals surface area contributed by atoms with Gasteiger partial charge >= 0.3 is 0 Å². The van der Waals surface area contributed by atoms with Crippen molar-refractivity contribution in [2.24, 2.45) is 21.7 Å². The van der Waals surface area contributed by atoms with E-state index in [0.717, 1.165) is 35.6 Å². The molecule has 118 valence electrons. The molecular formula is C17H19N5O. The van der Waals surface area contributed by atoms with E-state index >= 15 is 0 Å². The lowest BCUT2D eigenvalue weighted by atomic mass is 9.81. The van der Waals surface area contributed by atoms with Gasteiger partial charge in [0.1, 0.15) is 5.75 Å². The Labute approximate surface area is 134 Å². The molecule has 0 aliphatic heterocycles. The molecule has 6 nitrogen and oxygen atoms in total. The zero-order valence-corrected chi connectivity index (χ0v) is 12.9. The van der Waals surface area contributed by atoms with Gasteiger partial charge in [0.2, 0.25) is 5.96 Å². The normalized spacial score (nSPS) is 18.3. The molecule has 0 saturated carbocycles. The van der Waals surface area contributed by atoms with Crippen molar-refractivity contribution in [2.75, 3.05) is 7.11 Å². The summed E-state index contributed by atoms with van der Waals surface area (Å²) in [5, 5.41) is 8.07. The summed E-state index contributed by atoms with van der Waals surface area (Å²) in [5.41, 5.74) is 14.7. The van der Waals surface area contributed by atoms with Gasteiger partial charge in [-0.15, -0.1) is 5.10 Å². The number of ether oxygens (including phenoxy) is 1. The molecule has 6 heteroatoms. The average Bonchev–Trinajstić information content (AvgIpc) is 2.59. The summed E-state index contributed by atoms with van der Waals surface area (Å²) in [6.45, 7) is 0. The van der Waals surface area contributed by atoms with Gasteiger partial charge in [-0.2, -0.15) is 5.10 Å². The number of aromatic nitrogens is 1. The molecule has 2 aromatic rings. The van der Waals surface area contributed by atoms with Crippen molar-refractivity contribution < 1.29 is 4.74 Å². The molecule has 1 aromatic carbocycles. The number of hydrogen-bond acceptors (Lipinski definition) is 4. The molecule has 0 radical (unpaired) electrons. The molecule has 1 heterocycles. The van der Waals surface area contributed by atoms with Crippen molar-refractivity contribution in [3.63, 3.8) is 0 Å². The monoisotopic (exact) mass is 309 g/mol. The summed E-state index contributed by atoms with van der Waals surface area (Å²) in [6.07, 6.45) is 3.32. The molecule has 0 bridgehead atoms. The zero-order valence-electron chi connectivity index (χ0n) is 12.9. The first-order chi connectivity index (χ1) is 11.2. The van der Waals surface area contributed by atoms with Gasteiger partial charge in [-0.05, 0) is 30.4 Å². The van der Waals surface area contributed by atoms with E-state index in [1.807, 2.05) is 24.3 Å². The van der Waals surface area contributed by atoms with Gasteiger partial charge in [0.25, 0.3) is 0 Å². The highest BCUT2D eigenvalue weighted by molar-refractivity contribution is 6.05. The smallest absolute Gasteiger partial charge is 0.211 e. The molecule has 0 amide bonds. The lowest BCUT2D eigenvalue weighted by Gasteiger charge is -2.26. The third-order valence-corrected chi connectivity index (χ3v) is 3.94. The van der Waals surface area contributed by atoms with Crippen molar-refractivity contribution in [3.8, 4) is 5.75 Å². The molecule has 1 aliphatic carbocycles. The van der Waals surface area contributed by atoms with Gasteiger partial charge in [-0.25, -0.2) is 0 Å². The highest BCUT2D eigenvalue weighted by Gasteiger charge is 2.28. The number of pyridine rings is 1. The first kappa shape index (κ1) is 15.0. The number of guanidine groups is 1. The average molecular weight is 309 g/mol. The van der Waals surface area contributed by atoms with Crippen molar-refractivity contribution in [3.05, 3.63) is 59.4 Å². The fraction of sp³-hybridized carbons (Fsp3) is 0.235. The molecule has 3 rings (SSSR count). The summed E-state index contributed by atoms with van der Waals surface area (Å²) in [5.74, 6) is 0.964. The van der Waals surface area contributed by atoms with Crippen LogP contribution >= 0.6 is 0 Å².